The molecule has 1 aromatic carbocycles. The van der Waals surface area contributed by atoms with Gasteiger partial charge in [-0.2, -0.15) is 0 Å². The summed E-state index contributed by atoms with van der Waals surface area (Å²) in [7, 11) is 0. The molecule has 3 rings (SSSR count). The Kier molecular flexibility index (Phi) is 3.92. The molecular weight excluding hydrogens is 273 g/mol. The molecule has 0 atom stereocenters. The largest absolute Gasteiger partial charge is 0.475 e. The lowest BCUT2D eigenvalue weighted by atomic mass is 10.1. The average Bonchev–Trinajstić information content (AvgIpc) is 2.63. The Morgan fingerprint density at radius 1 is 1.24 bits per heavy atom. The highest BCUT2D eigenvalue weighted by Crippen LogP contribution is 2.28. The smallest absolute Gasteiger partial charge is 0.372 e. The topological polar surface area (TPSA) is 53.7 Å². The van der Waals surface area contributed by atoms with Crippen LogP contribution in [0.1, 0.15) is 41.8 Å². The van der Waals surface area contributed by atoms with Gasteiger partial charge in [0, 0.05) is 17.5 Å². The summed E-state index contributed by atoms with van der Waals surface area (Å²) in [5.74, 6) is -1.55. The molecule has 112 valence electrons. The van der Waals surface area contributed by atoms with Crippen LogP contribution in [0.25, 0.3) is 11.0 Å². The maximum atomic E-state index is 13.5. The van der Waals surface area contributed by atoms with Gasteiger partial charge in [0.1, 0.15) is 11.4 Å². The Morgan fingerprint density at radius 2 is 1.95 bits per heavy atom. The molecule has 2 heterocycles. The zero-order valence-electron chi connectivity index (χ0n) is 11.8. The van der Waals surface area contributed by atoms with Crippen molar-refractivity contribution in [2.24, 2.45) is 0 Å². The van der Waals surface area contributed by atoms with E-state index in [-0.39, 0.29) is 11.6 Å². The molecule has 0 saturated carbocycles. The van der Waals surface area contributed by atoms with Crippen LogP contribution in [-0.2, 0) is 6.54 Å². The molecule has 1 aliphatic heterocycles. The van der Waals surface area contributed by atoms with E-state index in [2.05, 4.69) is 4.90 Å². The Hall–Kier alpha value is -1.88. The van der Waals surface area contributed by atoms with E-state index < -0.39 is 5.97 Å². The third-order valence-electron chi connectivity index (χ3n) is 4.03. The van der Waals surface area contributed by atoms with Gasteiger partial charge >= 0.3 is 5.97 Å². The molecule has 0 amide bonds. The Morgan fingerprint density at radius 3 is 2.62 bits per heavy atom. The molecule has 1 saturated heterocycles. The molecule has 1 fully saturated rings. The fourth-order valence-electron chi connectivity index (χ4n) is 2.97. The first-order valence-electron chi connectivity index (χ1n) is 7.32. The molecule has 0 spiro atoms. The fraction of sp³-hybridized carbons (Fsp3) is 0.438. The number of hydrogen-bond donors (Lipinski definition) is 1. The number of halogens is 1. The van der Waals surface area contributed by atoms with Gasteiger partial charge in [0.05, 0.1) is 0 Å². The van der Waals surface area contributed by atoms with Crippen molar-refractivity contribution < 1.29 is 18.7 Å². The van der Waals surface area contributed by atoms with Gasteiger partial charge in [0.25, 0.3) is 0 Å². The third kappa shape index (κ3) is 2.93. The van der Waals surface area contributed by atoms with E-state index in [9.17, 15) is 14.3 Å². The van der Waals surface area contributed by atoms with Crippen LogP contribution in [0.15, 0.2) is 22.6 Å². The van der Waals surface area contributed by atoms with E-state index >= 15 is 0 Å². The molecule has 1 aromatic heterocycles. The van der Waals surface area contributed by atoms with Gasteiger partial charge in [0.15, 0.2) is 0 Å². The summed E-state index contributed by atoms with van der Waals surface area (Å²) < 4.78 is 18.9. The van der Waals surface area contributed by atoms with Gasteiger partial charge in [-0.3, -0.25) is 4.90 Å². The van der Waals surface area contributed by atoms with E-state index in [0.29, 0.717) is 23.1 Å². The minimum Gasteiger partial charge on any atom is -0.475 e. The van der Waals surface area contributed by atoms with E-state index in [1.807, 2.05) is 0 Å². The van der Waals surface area contributed by atoms with Gasteiger partial charge in [-0.15, -0.1) is 0 Å². The van der Waals surface area contributed by atoms with Crippen LogP contribution in [0, 0.1) is 5.82 Å². The minimum atomic E-state index is -1.10. The van der Waals surface area contributed by atoms with Crippen LogP contribution in [0.5, 0.6) is 0 Å². The minimum absolute atomic E-state index is 0.0696. The maximum absolute atomic E-state index is 13.5. The van der Waals surface area contributed by atoms with Crippen molar-refractivity contribution in [3.63, 3.8) is 0 Å². The lowest BCUT2D eigenvalue weighted by Crippen LogP contribution is -2.24. The second-order valence-corrected chi connectivity index (χ2v) is 5.55. The first-order chi connectivity index (χ1) is 10.1. The van der Waals surface area contributed by atoms with Gasteiger partial charge in [-0.05, 0) is 44.1 Å². The zero-order valence-corrected chi connectivity index (χ0v) is 11.8. The summed E-state index contributed by atoms with van der Waals surface area (Å²) in [4.78, 5) is 13.6. The lowest BCUT2D eigenvalue weighted by molar-refractivity contribution is 0.0661. The average molecular weight is 291 g/mol. The number of furan rings is 1. The number of carboxylic acid groups (broad SMARTS) is 1. The van der Waals surface area contributed by atoms with Crippen LogP contribution in [-0.4, -0.2) is 29.1 Å². The first-order valence-corrected chi connectivity index (χ1v) is 7.32. The quantitative estimate of drug-likeness (QED) is 0.938. The standard InChI is InChI=1S/C16H18FNO3/c17-11-5-6-14-12(9-11)13(15(21-14)16(19)20)10-18-7-3-1-2-4-8-18/h5-6,9H,1-4,7-8,10H2,(H,19,20). The maximum Gasteiger partial charge on any atom is 0.372 e. The second-order valence-electron chi connectivity index (χ2n) is 5.55. The Bertz CT molecular complexity index is 657. The number of aromatic carboxylic acids is 1. The number of likely N-dealkylation sites (tertiary alicyclic amines) is 1. The number of rotatable bonds is 3. The van der Waals surface area contributed by atoms with E-state index in [1.165, 1.54) is 31.0 Å². The lowest BCUT2D eigenvalue weighted by Gasteiger charge is -2.19. The summed E-state index contributed by atoms with van der Waals surface area (Å²) >= 11 is 0. The van der Waals surface area contributed by atoms with Crippen molar-refractivity contribution in [3.05, 3.63) is 35.3 Å². The van der Waals surface area contributed by atoms with Crippen molar-refractivity contribution in [1.29, 1.82) is 0 Å². The number of fused-ring (bicyclic) bond motifs is 1. The van der Waals surface area contributed by atoms with Crippen molar-refractivity contribution in [2.75, 3.05) is 13.1 Å². The molecule has 21 heavy (non-hydrogen) atoms. The van der Waals surface area contributed by atoms with Gasteiger partial charge < -0.3 is 9.52 Å². The molecular formula is C16H18FNO3. The summed E-state index contributed by atoms with van der Waals surface area (Å²) in [6.45, 7) is 2.39. The zero-order chi connectivity index (χ0) is 14.8. The SMILES string of the molecule is O=C(O)c1oc2ccc(F)cc2c1CN1CCCCCC1. The van der Waals surface area contributed by atoms with E-state index in [0.717, 1.165) is 25.9 Å². The van der Waals surface area contributed by atoms with E-state index in [4.69, 9.17) is 4.42 Å². The molecule has 2 aromatic rings. The molecule has 1 aliphatic rings. The summed E-state index contributed by atoms with van der Waals surface area (Å²) in [6.07, 6.45) is 4.66. The number of carbonyl (C=O) groups is 1. The van der Waals surface area contributed by atoms with Gasteiger partial charge in [-0.25, -0.2) is 9.18 Å². The Labute approximate surface area is 122 Å². The van der Waals surface area contributed by atoms with Crippen LogP contribution >= 0.6 is 0 Å². The third-order valence-corrected chi connectivity index (χ3v) is 4.03. The molecule has 0 aliphatic carbocycles. The van der Waals surface area contributed by atoms with Crippen molar-refractivity contribution in [2.45, 2.75) is 32.2 Å². The normalized spacial score (nSPS) is 17.0. The molecule has 0 unspecified atom stereocenters. The molecule has 1 N–H and O–H groups in total. The summed E-state index contributed by atoms with van der Waals surface area (Å²) in [6, 6.07) is 4.13. The Balaban J connectivity index is 1.99. The predicted molar refractivity (Wildman–Crippen MR) is 76.9 cm³/mol. The molecule has 5 heteroatoms. The molecule has 0 bridgehead atoms. The number of hydrogen-bond acceptors (Lipinski definition) is 3. The fourth-order valence-corrected chi connectivity index (χ4v) is 2.97. The monoisotopic (exact) mass is 291 g/mol. The highest BCUT2D eigenvalue weighted by molar-refractivity contribution is 5.95. The number of carboxylic acids is 1. The van der Waals surface area contributed by atoms with Gasteiger partial charge in [0.2, 0.25) is 5.76 Å². The van der Waals surface area contributed by atoms with Crippen molar-refractivity contribution in [3.8, 4) is 0 Å². The predicted octanol–water partition coefficient (Wildman–Crippen LogP) is 3.65. The number of nitrogens with zero attached hydrogens (tertiary/aromatic N) is 1. The molecule has 4 nitrogen and oxygen atoms in total. The summed E-state index contributed by atoms with van der Waals surface area (Å²) in [5.41, 5.74) is 1.01. The van der Waals surface area contributed by atoms with Crippen molar-refractivity contribution >= 4 is 16.9 Å². The first kappa shape index (κ1) is 14.1. The van der Waals surface area contributed by atoms with Crippen LogP contribution in [0.2, 0.25) is 0 Å². The second kappa shape index (κ2) is 5.85. The molecule has 0 radical (unpaired) electrons. The highest BCUT2D eigenvalue weighted by atomic mass is 19.1. The van der Waals surface area contributed by atoms with Crippen LogP contribution in [0.4, 0.5) is 4.39 Å². The van der Waals surface area contributed by atoms with E-state index in [1.54, 1.807) is 0 Å². The van der Waals surface area contributed by atoms with Crippen LogP contribution < -0.4 is 0 Å². The van der Waals surface area contributed by atoms with Gasteiger partial charge in [-0.1, -0.05) is 12.8 Å². The number of benzene rings is 1. The van der Waals surface area contributed by atoms with Crippen molar-refractivity contribution in [1.82, 2.24) is 4.90 Å². The van der Waals surface area contributed by atoms with Crippen LogP contribution in [0.3, 0.4) is 0 Å². The highest BCUT2D eigenvalue weighted by Gasteiger charge is 2.22. The summed E-state index contributed by atoms with van der Waals surface area (Å²) in [5, 5.41) is 9.88.